The highest BCUT2D eigenvalue weighted by Crippen LogP contribution is 2.31. The Morgan fingerprint density at radius 1 is 1.47 bits per heavy atom. The van der Waals surface area contributed by atoms with E-state index in [-0.39, 0.29) is 11.4 Å². The number of carbonyl (C=O) groups is 1. The van der Waals surface area contributed by atoms with Crippen LogP contribution in [-0.4, -0.2) is 16.4 Å². The maximum absolute atomic E-state index is 12.1. The van der Waals surface area contributed by atoms with Crippen LogP contribution in [0.15, 0.2) is 12.1 Å². The third kappa shape index (κ3) is 2.55. The van der Waals surface area contributed by atoms with Crippen LogP contribution in [0.4, 0.5) is 5.82 Å². The lowest BCUT2D eigenvalue weighted by Crippen LogP contribution is -2.50. The van der Waals surface area contributed by atoms with Gasteiger partial charge >= 0.3 is 0 Å². The molecule has 1 fully saturated rings. The smallest absolute Gasteiger partial charge is 0.251 e. The first-order chi connectivity index (χ1) is 8.02. The number of amides is 1. The quantitative estimate of drug-likeness (QED) is 0.545. The minimum Gasteiger partial charge on any atom is -0.347 e. The van der Waals surface area contributed by atoms with Gasteiger partial charge < -0.3 is 10.7 Å². The molecule has 1 saturated carbocycles. The summed E-state index contributed by atoms with van der Waals surface area (Å²) in [5.74, 6) is 5.76. The Morgan fingerprint density at radius 2 is 2.18 bits per heavy atom. The van der Waals surface area contributed by atoms with Crippen molar-refractivity contribution < 1.29 is 4.79 Å². The molecule has 0 spiro atoms. The van der Waals surface area contributed by atoms with Crippen LogP contribution in [0.1, 0.15) is 42.2 Å². The van der Waals surface area contributed by atoms with Crippen molar-refractivity contribution in [3.05, 3.63) is 23.4 Å². The molecule has 0 unspecified atom stereocenters. The van der Waals surface area contributed by atoms with Crippen molar-refractivity contribution in [2.75, 3.05) is 5.43 Å². The Bertz CT molecular complexity index is 440. The molecule has 0 aromatic carbocycles. The summed E-state index contributed by atoms with van der Waals surface area (Å²) >= 11 is 0. The summed E-state index contributed by atoms with van der Waals surface area (Å²) in [4.78, 5) is 16.2. The van der Waals surface area contributed by atoms with Crippen LogP contribution >= 0.6 is 0 Å². The van der Waals surface area contributed by atoms with E-state index < -0.39 is 0 Å². The molecular formula is C12H18N4O. The standard InChI is InChI=1S/C12H18N4O/c1-8-6-9(7-10(14-8)16-13)11(17)15-12(2)4-3-5-12/h6-7H,3-5,13H2,1-2H3,(H,14,16)(H,15,17). The average molecular weight is 234 g/mol. The lowest BCUT2D eigenvalue weighted by Gasteiger charge is -2.39. The van der Waals surface area contributed by atoms with Crippen molar-refractivity contribution in [3.63, 3.8) is 0 Å². The molecule has 1 aromatic rings. The van der Waals surface area contributed by atoms with Gasteiger partial charge in [-0.1, -0.05) is 0 Å². The summed E-state index contributed by atoms with van der Waals surface area (Å²) in [7, 11) is 0. The maximum Gasteiger partial charge on any atom is 0.251 e. The predicted molar refractivity (Wildman–Crippen MR) is 66.5 cm³/mol. The van der Waals surface area contributed by atoms with Crippen LogP contribution in [0.5, 0.6) is 0 Å². The normalized spacial score (nSPS) is 17.1. The number of nitrogen functional groups attached to an aromatic ring is 1. The SMILES string of the molecule is Cc1cc(C(=O)NC2(C)CCC2)cc(NN)n1. The van der Waals surface area contributed by atoms with Crippen molar-refractivity contribution in [1.82, 2.24) is 10.3 Å². The van der Waals surface area contributed by atoms with E-state index >= 15 is 0 Å². The van der Waals surface area contributed by atoms with Gasteiger partial charge in [0, 0.05) is 16.8 Å². The second-order valence-electron chi connectivity index (χ2n) is 4.90. The van der Waals surface area contributed by atoms with Gasteiger partial charge in [0.15, 0.2) is 0 Å². The van der Waals surface area contributed by atoms with Crippen molar-refractivity contribution in [1.29, 1.82) is 0 Å². The Morgan fingerprint density at radius 3 is 2.71 bits per heavy atom. The van der Waals surface area contributed by atoms with Gasteiger partial charge in [-0.05, 0) is 45.2 Å². The fraction of sp³-hybridized carbons (Fsp3) is 0.500. The number of hydrazine groups is 1. The first kappa shape index (κ1) is 11.9. The molecule has 0 bridgehead atoms. The summed E-state index contributed by atoms with van der Waals surface area (Å²) in [5, 5.41) is 3.05. The summed E-state index contributed by atoms with van der Waals surface area (Å²) in [6, 6.07) is 3.42. The van der Waals surface area contributed by atoms with E-state index in [0.29, 0.717) is 11.4 Å². The Balaban J connectivity index is 2.15. The number of nitrogens with two attached hydrogens (primary N) is 1. The molecule has 1 amide bonds. The van der Waals surface area contributed by atoms with Gasteiger partial charge in [0.05, 0.1) is 0 Å². The second kappa shape index (κ2) is 4.33. The molecule has 0 saturated heterocycles. The number of rotatable bonds is 3. The monoisotopic (exact) mass is 234 g/mol. The van der Waals surface area contributed by atoms with Crippen LogP contribution in [0.2, 0.25) is 0 Å². The fourth-order valence-corrected chi connectivity index (χ4v) is 2.05. The molecule has 2 rings (SSSR count). The number of hydrogen-bond donors (Lipinski definition) is 3. The summed E-state index contributed by atoms with van der Waals surface area (Å²) in [5.41, 5.74) is 3.79. The summed E-state index contributed by atoms with van der Waals surface area (Å²) in [6.45, 7) is 3.91. The molecule has 0 aliphatic heterocycles. The van der Waals surface area contributed by atoms with E-state index in [9.17, 15) is 4.79 Å². The predicted octanol–water partition coefficient (Wildman–Crippen LogP) is 1.35. The molecule has 0 atom stereocenters. The topological polar surface area (TPSA) is 80.0 Å². The zero-order chi connectivity index (χ0) is 12.5. The largest absolute Gasteiger partial charge is 0.347 e. The van der Waals surface area contributed by atoms with Crippen LogP contribution < -0.4 is 16.6 Å². The molecule has 92 valence electrons. The van der Waals surface area contributed by atoms with Crippen molar-refractivity contribution in [3.8, 4) is 0 Å². The minimum atomic E-state index is -0.0609. The molecule has 4 N–H and O–H groups in total. The highest BCUT2D eigenvalue weighted by Gasteiger charge is 2.33. The van der Waals surface area contributed by atoms with Crippen LogP contribution in [0.25, 0.3) is 0 Å². The zero-order valence-electron chi connectivity index (χ0n) is 10.2. The molecule has 0 radical (unpaired) electrons. The number of aromatic nitrogens is 1. The second-order valence-corrected chi connectivity index (χ2v) is 4.90. The number of pyridine rings is 1. The fourth-order valence-electron chi connectivity index (χ4n) is 2.05. The number of nitrogens with one attached hydrogen (secondary N) is 2. The molecule has 1 aliphatic rings. The Hall–Kier alpha value is -1.62. The number of aryl methyl sites for hydroxylation is 1. The lowest BCUT2D eigenvalue weighted by molar-refractivity contribution is 0.0850. The average Bonchev–Trinajstić information content (AvgIpc) is 2.26. The minimum absolute atomic E-state index is 0.0371. The molecule has 1 heterocycles. The van der Waals surface area contributed by atoms with Crippen LogP contribution in [0.3, 0.4) is 0 Å². The van der Waals surface area contributed by atoms with Crippen molar-refractivity contribution >= 4 is 11.7 Å². The number of anilines is 1. The summed E-state index contributed by atoms with van der Waals surface area (Å²) in [6.07, 6.45) is 3.28. The van der Waals surface area contributed by atoms with E-state index in [1.165, 1.54) is 6.42 Å². The van der Waals surface area contributed by atoms with Gasteiger partial charge in [-0.25, -0.2) is 10.8 Å². The van der Waals surface area contributed by atoms with E-state index in [0.717, 1.165) is 18.5 Å². The van der Waals surface area contributed by atoms with Crippen molar-refractivity contribution in [2.24, 2.45) is 5.84 Å². The molecule has 17 heavy (non-hydrogen) atoms. The summed E-state index contributed by atoms with van der Waals surface area (Å²) < 4.78 is 0. The van der Waals surface area contributed by atoms with Gasteiger partial charge in [0.2, 0.25) is 0 Å². The van der Waals surface area contributed by atoms with Gasteiger partial charge in [-0.3, -0.25) is 4.79 Å². The zero-order valence-corrected chi connectivity index (χ0v) is 10.2. The van der Waals surface area contributed by atoms with E-state index in [1.807, 2.05) is 6.92 Å². The van der Waals surface area contributed by atoms with Gasteiger partial charge in [0.25, 0.3) is 5.91 Å². The first-order valence-electron chi connectivity index (χ1n) is 5.80. The third-order valence-electron chi connectivity index (χ3n) is 3.24. The first-order valence-corrected chi connectivity index (χ1v) is 5.80. The molecule has 1 aromatic heterocycles. The van der Waals surface area contributed by atoms with Crippen LogP contribution in [-0.2, 0) is 0 Å². The maximum atomic E-state index is 12.1. The number of nitrogens with zero attached hydrogens (tertiary/aromatic N) is 1. The number of carbonyl (C=O) groups excluding carboxylic acids is 1. The van der Waals surface area contributed by atoms with Crippen LogP contribution in [0, 0.1) is 6.92 Å². The lowest BCUT2D eigenvalue weighted by atomic mass is 9.78. The highest BCUT2D eigenvalue weighted by molar-refractivity contribution is 5.95. The Labute approximate surface area is 101 Å². The molecule has 1 aliphatic carbocycles. The third-order valence-corrected chi connectivity index (χ3v) is 3.24. The van der Waals surface area contributed by atoms with Gasteiger partial charge in [-0.15, -0.1) is 0 Å². The Kier molecular flexibility index (Phi) is 3.02. The van der Waals surface area contributed by atoms with E-state index in [2.05, 4.69) is 22.7 Å². The van der Waals surface area contributed by atoms with Crippen molar-refractivity contribution in [2.45, 2.75) is 38.6 Å². The van der Waals surface area contributed by atoms with E-state index in [1.54, 1.807) is 12.1 Å². The molecule has 5 nitrogen and oxygen atoms in total. The van der Waals surface area contributed by atoms with Gasteiger partial charge in [0.1, 0.15) is 5.82 Å². The molecule has 5 heteroatoms. The van der Waals surface area contributed by atoms with E-state index in [4.69, 9.17) is 5.84 Å². The van der Waals surface area contributed by atoms with Gasteiger partial charge in [-0.2, -0.15) is 0 Å². The highest BCUT2D eigenvalue weighted by atomic mass is 16.1. The number of hydrogen-bond acceptors (Lipinski definition) is 4. The molecular weight excluding hydrogens is 216 g/mol.